The molecule has 1 aliphatic heterocycles. The van der Waals surface area contributed by atoms with Gasteiger partial charge in [0, 0.05) is 13.1 Å². The highest BCUT2D eigenvalue weighted by Crippen LogP contribution is 2.04. The van der Waals surface area contributed by atoms with Crippen LogP contribution >= 0.6 is 0 Å². The van der Waals surface area contributed by atoms with Crippen molar-refractivity contribution in [2.75, 3.05) is 26.3 Å². The summed E-state index contributed by atoms with van der Waals surface area (Å²) in [6.45, 7) is 3.82. The van der Waals surface area contributed by atoms with Crippen LogP contribution in [0, 0.1) is 5.41 Å². The summed E-state index contributed by atoms with van der Waals surface area (Å²) in [6.07, 6.45) is -0.107. The molecule has 0 spiro atoms. The third-order valence-corrected chi connectivity index (χ3v) is 1.82. The molecule has 2 N–H and O–H groups in total. The Bertz CT molecular complexity index is 149. The highest BCUT2D eigenvalue weighted by molar-refractivity contribution is 5.76. The second kappa shape index (κ2) is 3.69. The lowest BCUT2D eigenvalue weighted by molar-refractivity contribution is -0.0343. The first-order valence-corrected chi connectivity index (χ1v) is 3.76. The smallest absolute Gasteiger partial charge is 0.0981 e. The molecule has 1 aliphatic rings. The maximum atomic E-state index is 8.77. The lowest BCUT2D eigenvalue weighted by Gasteiger charge is -2.32. The molecular weight excluding hydrogens is 144 g/mol. The summed E-state index contributed by atoms with van der Waals surface area (Å²) in [4.78, 5) is 1.91. The van der Waals surface area contributed by atoms with Gasteiger partial charge in [0.1, 0.15) is 0 Å². The molecule has 1 heterocycles. The minimum atomic E-state index is -0.107. The third-order valence-electron chi connectivity index (χ3n) is 1.82. The Morgan fingerprint density at radius 1 is 1.82 bits per heavy atom. The molecule has 0 aromatic carbocycles. The molecule has 0 saturated carbocycles. The van der Waals surface area contributed by atoms with Crippen LogP contribution < -0.4 is 0 Å². The predicted octanol–water partition coefficient (Wildman–Crippen LogP) is -0.323. The van der Waals surface area contributed by atoms with E-state index in [-0.39, 0.29) is 12.7 Å². The van der Waals surface area contributed by atoms with Gasteiger partial charge in [-0.05, 0) is 6.92 Å². The molecule has 0 aliphatic carbocycles. The van der Waals surface area contributed by atoms with E-state index >= 15 is 0 Å². The van der Waals surface area contributed by atoms with E-state index < -0.39 is 0 Å². The van der Waals surface area contributed by atoms with Gasteiger partial charge < -0.3 is 14.7 Å². The van der Waals surface area contributed by atoms with Crippen molar-refractivity contribution in [2.45, 2.75) is 13.0 Å². The Hall–Kier alpha value is -0.610. The number of nitrogens with zero attached hydrogens (tertiary/aromatic N) is 1. The second-order valence-corrected chi connectivity index (χ2v) is 2.71. The molecule has 4 nitrogen and oxygen atoms in total. The molecule has 4 heteroatoms. The van der Waals surface area contributed by atoms with Gasteiger partial charge in [0.15, 0.2) is 0 Å². The number of aliphatic hydroxyl groups excluding tert-OH is 1. The van der Waals surface area contributed by atoms with Crippen molar-refractivity contribution in [1.29, 1.82) is 5.41 Å². The zero-order valence-corrected chi connectivity index (χ0v) is 6.71. The van der Waals surface area contributed by atoms with Crippen molar-refractivity contribution >= 4 is 5.84 Å². The van der Waals surface area contributed by atoms with Crippen LogP contribution in [0.3, 0.4) is 0 Å². The molecule has 1 atom stereocenters. The van der Waals surface area contributed by atoms with E-state index in [0.717, 1.165) is 6.54 Å². The van der Waals surface area contributed by atoms with E-state index in [0.29, 0.717) is 19.0 Å². The van der Waals surface area contributed by atoms with Crippen molar-refractivity contribution in [3.8, 4) is 0 Å². The number of amidine groups is 1. The zero-order chi connectivity index (χ0) is 8.27. The highest BCUT2D eigenvalue weighted by atomic mass is 16.5. The number of morpholine rings is 1. The lowest BCUT2D eigenvalue weighted by atomic mass is 10.3. The van der Waals surface area contributed by atoms with Crippen LogP contribution in [0.25, 0.3) is 0 Å². The van der Waals surface area contributed by atoms with Crippen LogP contribution in [0.2, 0.25) is 0 Å². The third kappa shape index (κ3) is 2.17. The Morgan fingerprint density at radius 3 is 3.09 bits per heavy atom. The largest absolute Gasteiger partial charge is 0.394 e. The van der Waals surface area contributed by atoms with Gasteiger partial charge in [0.25, 0.3) is 0 Å². The van der Waals surface area contributed by atoms with Gasteiger partial charge >= 0.3 is 0 Å². The van der Waals surface area contributed by atoms with E-state index in [4.69, 9.17) is 15.3 Å². The first kappa shape index (κ1) is 8.49. The van der Waals surface area contributed by atoms with Crippen molar-refractivity contribution in [3.63, 3.8) is 0 Å². The molecular formula is C7H14N2O2. The van der Waals surface area contributed by atoms with E-state index in [2.05, 4.69) is 0 Å². The molecule has 64 valence electrons. The summed E-state index contributed by atoms with van der Waals surface area (Å²) in [5.74, 6) is 0.548. The van der Waals surface area contributed by atoms with Crippen molar-refractivity contribution in [3.05, 3.63) is 0 Å². The fourth-order valence-corrected chi connectivity index (χ4v) is 1.13. The van der Waals surface area contributed by atoms with Gasteiger partial charge in [0.2, 0.25) is 0 Å². The van der Waals surface area contributed by atoms with Gasteiger partial charge in [-0.3, -0.25) is 5.41 Å². The number of nitrogens with one attached hydrogen (secondary N) is 1. The van der Waals surface area contributed by atoms with Gasteiger partial charge in [0.05, 0.1) is 25.2 Å². The molecule has 0 bridgehead atoms. The summed E-state index contributed by atoms with van der Waals surface area (Å²) < 4.78 is 5.22. The molecule has 0 aromatic heterocycles. The highest BCUT2D eigenvalue weighted by Gasteiger charge is 2.19. The normalized spacial score (nSPS) is 25.3. The first-order valence-electron chi connectivity index (χ1n) is 3.76. The monoisotopic (exact) mass is 158 g/mol. The number of rotatable bonds is 1. The SMILES string of the molecule is CC(=N)N1CCOC(CO)C1. The average Bonchev–Trinajstić information content (AvgIpc) is 2.05. The summed E-state index contributed by atoms with van der Waals surface area (Å²) in [6, 6.07) is 0. The Labute approximate surface area is 66.3 Å². The number of aliphatic hydroxyl groups is 1. The molecule has 1 saturated heterocycles. The lowest BCUT2D eigenvalue weighted by Crippen LogP contribution is -2.45. The summed E-state index contributed by atoms with van der Waals surface area (Å²) in [7, 11) is 0. The molecule has 1 fully saturated rings. The molecule has 0 aromatic rings. The molecule has 1 unspecified atom stereocenters. The molecule has 1 rings (SSSR count). The van der Waals surface area contributed by atoms with E-state index in [1.165, 1.54) is 0 Å². The second-order valence-electron chi connectivity index (χ2n) is 2.71. The quantitative estimate of drug-likeness (QED) is 0.406. The van der Waals surface area contributed by atoms with Crippen molar-refractivity contribution in [1.82, 2.24) is 4.90 Å². The van der Waals surface area contributed by atoms with Gasteiger partial charge in [-0.25, -0.2) is 0 Å². The summed E-state index contributed by atoms with van der Waals surface area (Å²) in [5.41, 5.74) is 0. The zero-order valence-electron chi connectivity index (χ0n) is 6.71. The fourth-order valence-electron chi connectivity index (χ4n) is 1.13. The van der Waals surface area contributed by atoms with Gasteiger partial charge in [-0.1, -0.05) is 0 Å². The van der Waals surface area contributed by atoms with Gasteiger partial charge in [-0.2, -0.15) is 0 Å². The standard InChI is InChI=1S/C7H14N2O2/c1-6(8)9-2-3-11-7(4-9)5-10/h7-8,10H,2-5H2,1H3. The Kier molecular flexibility index (Phi) is 2.84. The van der Waals surface area contributed by atoms with E-state index in [9.17, 15) is 0 Å². The molecule has 0 radical (unpaired) electrons. The Balaban J connectivity index is 2.39. The maximum Gasteiger partial charge on any atom is 0.0981 e. The summed E-state index contributed by atoms with van der Waals surface area (Å²) in [5, 5.41) is 16.1. The van der Waals surface area contributed by atoms with Crippen LogP contribution in [0.1, 0.15) is 6.92 Å². The van der Waals surface area contributed by atoms with Crippen LogP contribution in [0.4, 0.5) is 0 Å². The van der Waals surface area contributed by atoms with Crippen molar-refractivity contribution < 1.29 is 9.84 Å². The minimum Gasteiger partial charge on any atom is -0.394 e. The molecule has 11 heavy (non-hydrogen) atoms. The Morgan fingerprint density at radius 2 is 2.55 bits per heavy atom. The minimum absolute atomic E-state index is 0.0454. The predicted molar refractivity (Wildman–Crippen MR) is 41.8 cm³/mol. The van der Waals surface area contributed by atoms with Crippen LogP contribution in [0.5, 0.6) is 0 Å². The van der Waals surface area contributed by atoms with E-state index in [1.54, 1.807) is 6.92 Å². The van der Waals surface area contributed by atoms with Crippen molar-refractivity contribution in [2.24, 2.45) is 0 Å². The summed E-state index contributed by atoms with van der Waals surface area (Å²) >= 11 is 0. The van der Waals surface area contributed by atoms with Crippen LogP contribution in [-0.2, 0) is 4.74 Å². The number of hydrogen-bond acceptors (Lipinski definition) is 3. The van der Waals surface area contributed by atoms with E-state index in [1.807, 2.05) is 4.90 Å². The topological polar surface area (TPSA) is 56.6 Å². The van der Waals surface area contributed by atoms with Gasteiger partial charge in [-0.15, -0.1) is 0 Å². The molecule has 0 amide bonds. The average molecular weight is 158 g/mol. The first-order chi connectivity index (χ1) is 5.24. The fraction of sp³-hybridized carbons (Fsp3) is 0.857. The van der Waals surface area contributed by atoms with Crippen LogP contribution in [-0.4, -0.2) is 48.2 Å². The maximum absolute atomic E-state index is 8.77. The number of ether oxygens (including phenoxy) is 1. The number of hydrogen-bond donors (Lipinski definition) is 2. The van der Waals surface area contributed by atoms with Crippen LogP contribution in [0.15, 0.2) is 0 Å².